The highest BCUT2D eigenvalue weighted by molar-refractivity contribution is 5.94. The molecule has 0 heterocycles. The van der Waals surface area contributed by atoms with Crippen LogP contribution in [0.2, 0.25) is 0 Å². The Balaban J connectivity index is 1.81. The highest BCUT2D eigenvalue weighted by Gasteiger charge is 2.13. The van der Waals surface area contributed by atoms with Gasteiger partial charge < -0.3 is 10.1 Å². The number of rotatable bonds is 5. The number of ether oxygens (including phenoxy) is 1. The summed E-state index contributed by atoms with van der Waals surface area (Å²) in [7, 11) is 0. The largest absolute Gasteiger partial charge is 0.457 e. The minimum absolute atomic E-state index is 0.182. The van der Waals surface area contributed by atoms with Gasteiger partial charge in [0, 0.05) is 5.56 Å². The molecule has 0 saturated carbocycles. The molecule has 2 aromatic carbocycles. The van der Waals surface area contributed by atoms with E-state index in [0.29, 0.717) is 11.1 Å². The Labute approximate surface area is 123 Å². The second-order valence-electron chi connectivity index (χ2n) is 4.66. The Bertz CT molecular complexity index is 596. The molecule has 2 aromatic rings. The molecule has 0 radical (unpaired) electrons. The van der Waals surface area contributed by atoms with Gasteiger partial charge in [0.05, 0.1) is 12.1 Å². The number of carbonyl (C=O) groups is 2. The monoisotopic (exact) mass is 283 g/mol. The van der Waals surface area contributed by atoms with Crippen LogP contribution in [0.4, 0.5) is 0 Å². The average molecular weight is 283 g/mol. The van der Waals surface area contributed by atoms with Gasteiger partial charge in [-0.25, -0.2) is 4.79 Å². The van der Waals surface area contributed by atoms with Gasteiger partial charge in [-0.2, -0.15) is 0 Å². The molecule has 1 atom stereocenters. The summed E-state index contributed by atoms with van der Waals surface area (Å²) in [5.41, 5.74) is 1.08. The molecule has 0 aliphatic carbocycles. The molecule has 108 valence electrons. The highest BCUT2D eigenvalue weighted by Crippen LogP contribution is 2.04. The van der Waals surface area contributed by atoms with Crippen LogP contribution in [0.5, 0.6) is 0 Å². The second-order valence-corrected chi connectivity index (χ2v) is 4.66. The summed E-state index contributed by atoms with van der Waals surface area (Å²) < 4.78 is 5.27. The summed E-state index contributed by atoms with van der Waals surface area (Å²) in [6, 6.07) is 17.7. The molecule has 2 rings (SSSR count). The van der Waals surface area contributed by atoms with Crippen molar-refractivity contribution in [1.82, 2.24) is 5.32 Å². The first kappa shape index (κ1) is 14.8. The van der Waals surface area contributed by atoms with Gasteiger partial charge in [-0.15, -0.1) is 0 Å². The van der Waals surface area contributed by atoms with E-state index in [1.807, 2.05) is 12.1 Å². The minimum atomic E-state index is -0.398. The maximum absolute atomic E-state index is 11.9. The maximum Gasteiger partial charge on any atom is 0.338 e. The molecule has 0 saturated heterocycles. The van der Waals surface area contributed by atoms with Gasteiger partial charge in [-0.3, -0.25) is 4.79 Å². The van der Waals surface area contributed by atoms with Crippen molar-refractivity contribution in [3.8, 4) is 0 Å². The van der Waals surface area contributed by atoms with Crippen molar-refractivity contribution >= 4 is 11.9 Å². The van der Waals surface area contributed by atoms with E-state index in [0.717, 1.165) is 0 Å². The zero-order chi connectivity index (χ0) is 15.1. The van der Waals surface area contributed by atoms with E-state index in [-0.39, 0.29) is 12.5 Å². The summed E-state index contributed by atoms with van der Waals surface area (Å²) >= 11 is 0. The van der Waals surface area contributed by atoms with E-state index in [2.05, 4.69) is 5.32 Å². The molecular formula is C17H17NO3. The summed E-state index contributed by atoms with van der Waals surface area (Å²) in [6.07, 6.45) is -0.398. The van der Waals surface area contributed by atoms with E-state index in [9.17, 15) is 9.59 Å². The van der Waals surface area contributed by atoms with Crippen LogP contribution in [0.15, 0.2) is 60.7 Å². The lowest BCUT2D eigenvalue weighted by Crippen LogP contribution is -2.33. The molecule has 4 heteroatoms. The van der Waals surface area contributed by atoms with E-state index in [4.69, 9.17) is 4.74 Å². The molecule has 0 aromatic heterocycles. The van der Waals surface area contributed by atoms with Crippen LogP contribution in [0.1, 0.15) is 27.6 Å². The second kappa shape index (κ2) is 7.24. The molecule has 0 fully saturated rings. The van der Waals surface area contributed by atoms with Gasteiger partial charge >= 0.3 is 5.97 Å². The summed E-state index contributed by atoms with van der Waals surface area (Å²) in [4.78, 5) is 23.7. The highest BCUT2D eigenvalue weighted by atomic mass is 16.5. The Morgan fingerprint density at radius 3 is 2.05 bits per heavy atom. The lowest BCUT2D eigenvalue weighted by atomic mass is 10.2. The zero-order valence-corrected chi connectivity index (χ0v) is 11.8. The van der Waals surface area contributed by atoms with E-state index in [1.165, 1.54) is 0 Å². The van der Waals surface area contributed by atoms with Crippen molar-refractivity contribution < 1.29 is 14.3 Å². The van der Waals surface area contributed by atoms with Crippen molar-refractivity contribution in [2.24, 2.45) is 0 Å². The Morgan fingerprint density at radius 1 is 0.952 bits per heavy atom. The molecule has 0 aliphatic heterocycles. The number of hydrogen-bond donors (Lipinski definition) is 1. The maximum atomic E-state index is 11.9. The zero-order valence-electron chi connectivity index (χ0n) is 11.8. The molecule has 1 N–H and O–H groups in total. The molecule has 4 nitrogen and oxygen atoms in total. The lowest BCUT2D eigenvalue weighted by Gasteiger charge is -2.14. The van der Waals surface area contributed by atoms with Crippen LogP contribution in [-0.4, -0.2) is 24.5 Å². The van der Waals surface area contributed by atoms with Crippen molar-refractivity contribution in [3.63, 3.8) is 0 Å². The Morgan fingerprint density at radius 2 is 1.48 bits per heavy atom. The van der Waals surface area contributed by atoms with Gasteiger partial charge in [0.25, 0.3) is 5.91 Å². The predicted octanol–water partition coefficient (Wildman–Crippen LogP) is 2.66. The molecule has 0 spiro atoms. The number of carbonyl (C=O) groups excluding carboxylic acids is 2. The van der Waals surface area contributed by atoms with Crippen LogP contribution in [0.25, 0.3) is 0 Å². The molecular weight excluding hydrogens is 266 g/mol. The van der Waals surface area contributed by atoms with Crippen LogP contribution < -0.4 is 5.32 Å². The lowest BCUT2D eigenvalue weighted by molar-refractivity contribution is 0.0337. The van der Waals surface area contributed by atoms with E-state index < -0.39 is 12.1 Å². The van der Waals surface area contributed by atoms with Crippen LogP contribution in [0, 0.1) is 0 Å². The van der Waals surface area contributed by atoms with Crippen molar-refractivity contribution in [1.29, 1.82) is 0 Å². The third-order valence-corrected chi connectivity index (χ3v) is 2.90. The normalized spacial score (nSPS) is 11.5. The fourth-order valence-electron chi connectivity index (χ4n) is 1.79. The molecule has 0 unspecified atom stereocenters. The van der Waals surface area contributed by atoms with Gasteiger partial charge in [0.1, 0.15) is 6.10 Å². The van der Waals surface area contributed by atoms with Crippen molar-refractivity contribution in [2.45, 2.75) is 13.0 Å². The van der Waals surface area contributed by atoms with Gasteiger partial charge in [0.15, 0.2) is 0 Å². The van der Waals surface area contributed by atoms with Gasteiger partial charge in [-0.05, 0) is 31.2 Å². The Kier molecular flexibility index (Phi) is 5.10. The number of hydrogen-bond acceptors (Lipinski definition) is 3. The number of benzene rings is 2. The van der Waals surface area contributed by atoms with Crippen molar-refractivity contribution in [3.05, 3.63) is 71.8 Å². The van der Waals surface area contributed by atoms with Crippen molar-refractivity contribution in [2.75, 3.05) is 6.54 Å². The molecule has 1 amide bonds. The quantitative estimate of drug-likeness (QED) is 0.858. The first-order chi connectivity index (χ1) is 10.2. The smallest absolute Gasteiger partial charge is 0.338 e. The standard InChI is InChI=1S/C17H17NO3/c1-13(21-17(20)15-10-6-3-7-11-15)12-18-16(19)14-8-4-2-5-9-14/h2-11,13H,12H2,1H3,(H,18,19)/t13-/m0/s1. The van der Waals surface area contributed by atoms with Crippen LogP contribution >= 0.6 is 0 Å². The van der Waals surface area contributed by atoms with Crippen LogP contribution in [0.3, 0.4) is 0 Å². The molecule has 0 aliphatic rings. The predicted molar refractivity (Wildman–Crippen MR) is 80.1 cm³/mol. The van der Waals surface area contributed by atoms with Crippen LogP contribution in [-0.2, 0) is 4.74 Å². The average Bonchev–Trinajstić information content (AvgIpc) is 2.54. The van der Waals surface area contributed by atoms with Gasteiger partial charge in [-0.1, -0.05) is 36.4 Å². The number of amides is 1. The summed E-state index contributed by atoms with van der Waals surface area (Å²) in [5.74, 6) is -0.574. The number of nitrogens with one attached hydrogen (secondary N) is 1. The SMILES string of the molecule is C[C@@H](CNC(=O)c1ccccc1)OC(=O)c1ccccc1. The summed E-state index contributed by atoms with van der Waals surface area (Å²) in [5, 5.41) is 2.74. The fourth-order valence-corrected chi connectivity index (χ4v) is 1.79. The molecule has 0 bridgehead atoms. The molecule has 21 heavy (non-hydrogen) atoms. The topological polar surface area (TPSA) is 55.4 Å². The first-order valence-corrected chi connectivity index (χ1v) is 6.76. The third-order valence-electron chi connectivity index (χ3n) is 2.90. The number of esters is 1. The van der Waals surface area contributed by atoms with E-state index in [1.54, 1.807) is 55.5 Å². The first-order valence-electron chi connectivity index (χ1n) is 6.76. The summed E-state index contributed by atoms with van der Waals surface area (Å²) in [6.45, 7) is 2.01. The van der Waals surface area contributed by atoms with Gasteiger partial charge in [0.2, 0.25) is 0 Å². The fraction of sp³-hybridized carbons (Fsp3) is 0.176. The third kappa shape index (κ3) is 4.45. The minimum Gasteiger partial charge on any atom is -0.457 e. The Hall–Kier alpha value is -2.62. The van der Waals surface area contributed by atoms with E-state index >= 15 is 0 Å².